The third-order valence-corrected chi connectivity index (χ3v) is 4.46. The summed E-state index contributed by atoms with van der Waals surface area (Å²) in [4.78, 5) is 25.0. The lowest BCUT2D eigenvalue weighted by Gasteiger charge is -2.15. The summed E-state index contributed by atoms with van der Waals surface area (Å²) >= 11 is 7.29. The number of halogens is 1. The summed E-state index contributed by atoms with van der Waals surface area (Å²) in [6.07, 6.45) is -0.882. The molecule has 24 heavy (non-hydrogen) atoms. The Labute approximate surface area is 150 Å². The lowest BCUT2D eigenvalue weighted by atomic mass is 10.2. The zero-order valence-electron chi connectivity index (χ0n) is 13.4. The zero-order valence-corrected chi connectivity index (χ0v) is 15.0. The minimum atomic E-state index is -0.882. The number of nitrogens with one attached hydrogen (secondary N) is 1. The number of ether oxygens (including phenoxy) is 1. The molecule has 0 bridgehead atoms. The second-order valence-corrected chi connectivity index (χ2v) is 6.67. The van der Waals surface area contributed by atoms with Crippen LogP contribution in [0.3, 0.4) is 0 Å². The number of carbonyl (C=O) groups is 2. The summed E-state index contributed by atoms with van der Waals surface area (Å²) in [5, 5.41) is 3.25. The largest absolute Gasteiger partial charge is 0.452 e. The highest BCUT2D eigenvalue weighted by Gasteiger charge is 2.18. The van der Waals surface area contributed by atoms with Crippen molar-refractivity contribution >= 4 is 40.9 Å². The predicted molar refractivity (Wildman–Crippen MR) is 97.5 cm³/mol. The first kappa shape index (κ1) is 18.4. The Morgan fingerprint density at radius 3 is 2.62 bits per heavy atom. The maximum atomic E-state index is 12.1. The van der Waals surface area contributed by atoms with E-state index in [4.69, 9.17) is 16.3 Å². The number of thioether (sulfide) groups is 1. The summed E-state index contributed by atoms with van der Waals surface area (Å²) in [5.74, 6) is -0.676. The molecule has 126 valence electrons. The fourth-order valence-corrected chi connectivity index (χ4v) is 2.78. The Balaban J connectivity index is 1.84. The van der Waals surface area contributed by atoms with Gasteiger partial charge in [-0.3, -0.25) is 9.59 Å². The second kappa shape index (κ2) is 8.76. The lowest BCUT2D eigenvalue weighted by Crippen LogP contribution is -2.30. The molecular formula is C18H18ClNO3S. The van der Waals surface area contributed by atoms with Gasteiger partial charge in [-0.1, -0.05) is 35.9 Å². The molecule has 1 amide bonds. The fourth-order valence-electron chi connectivity index (χ4n) is 1.91. The Hall–Kier alpha value is -1.98. The zero-order chi connectivity index (χ0) is 17.5. The van der Waals surface area contributed by atoms with Crippen LogP contribution in [0.1, 0.15) is 12.5 Å². The number of aryl methyl sites for hydroxylation is 1. The van der Waals surface area contributed by atoms with Crippen LogP contribution in [0.4, 0.5) is 5.69 Å². The van der Waals surface area contributed by atoms with Crippen LogP contribution in [-0.4, -0.2) is 23.7 Å². The van der Waals surface area contributed by atoms with Crippen LogP contribution in [0.5, 0.6) is 0 Å². The smallest absolute Gasteiger partial charge is 0.317 e. The molecule has 0 unspecified atom stereocenters. The van der Waals surface area contributed by atoms with Gasteiger partial charge in [0.05, 0.1) is 5.75 Å². The average Bonchev–Trinajstić information content (AvgIpc) is 2.57. The van der Waals surface area contributed by atoms with Gasteiger partial charge in [0.2, 0.25) is 0 Å². The molecule has 0 aliphatic rings. The maximum Gasteiger partial charge on any atom is 0.317 e. The SMILES string of the molecule is Cc1ccc(Cl)cc1NC(=O)[C@H](C)OC(=O)CSc1ccccc1. The van der Waals surface area contributed by atoms with Crippen LogP contribution in [0, 0.1) is 6.92 Å². The fraction of sp³-hybridized carbons (Fsp3) is 0.222. The van der Waals surface area contributed by atoms with Crippen LogP contribution >= 0.6 is 23.4 Å². The van der Waals surface area contributed by atoms with Crippen molar-refractivity contribution in [3.63, 3.8) is 0 Å². The van der Waals surface area contributed by atoms with Crippen molar-refractivity contribution < 1.29 is 14.3 Å². The van der Waals surface area contributed by atoms with E-state index in [1.54, 1.807) is 19.1 Å². The molecule has 0 saturated heterocycles. The van der Waals surface area contributed by atoms with E-state index in [9.17, 15) is 9.59 Å². The standard InChI is InChI=1S/C18H18ClNO3S/c1-12-8-9-14(19)10-16(12)20-18(22)13(2)23-17(21)11-24-15-6-4-3-5-7-15/h3-10,13H,11H2,1-2H3,(H,20,22)/t13-/m0/s1. The molecule has 4 nitrogen and oxygen atoms in total. The molecule has 6 heteroatoms. The van der Waals surface area contributed by atoms with Crippen molar-refractivity contribution in [3.05, 3.63) is 59.1 Å². The van der Waals surface area contributed by atoms with Crippen LogP contribution in [0.2, 0.25) is 5.02 Å². The van der Waals surface area contributed by atoms with E-state index in [-0.39, 0.29) is 5.75 Å². The third-order valence-electron chi connectivity index (χ3n) is 3.23. The molecule has 0 aliphatic heterocycles. The number of hydrogen-bond acceptors (Lipinski definition) is 4. The molecule has 1 atom stereocenters. The van der Waals surface area contributed by atoms with E-state index in [0.717, 1.165) is 10.5 Å². The monoisotopic (exact) mass is 363 g/mol. The summed E-state index contributed by atoms with van der Waals surface area (Å²) < 4.78 is 5.17. The van der Waals surface area contributed by atoms with Gasteiger partial charge < -0.3 is 10.1 Å². The minimum absolute atomic E-state index is 0.151. The van der Waals surface area contributed by atoms with Gasteiger partial charge >= 0.3 is 5.97 Å². The van der Waals surface area contributed by atoms with E-state index >= 15 is 0 Å². The van der Waals surface area contributed by atoms with Crippen molar-refractivity contribution in [2.45, 2.75) is 24.8 Å². The van der Waals surface area contributed by atoms with Gasteiger partial charge in [-0.05, 0) is 43.7 Å². The molecule has 2 aromatic carbocycles. The van der Waals surface area contributed by atoms with Crippen molar-refractivity contribution in [1.82, 2.24) is 0 Å². The Kier molecular flexibility index (Phi) is 6.70. The second-order valence-electron chi connectivity index (χ2n) is 5.18. The van der Waals surface area contributed by atoms with Gasteiger partial charge in [-0.2, -0.15) is 0 Å². The number of anilines is 1. The summed E-state index contributed by atoms with van der Waals surface area (Å²) in [5.41, 5.74) is 1.49. The predicted octanol–water partition coefficient (Wildman–Crippen LogP) is 4.31. The first-order valence-electron chi connectivity index (χ1n) is 7.40. The van der Waals surface area contributed by atoms with E-state index in [0.29, 0.717) is 10.7 Å². The van der Waals surface area contributed by atoms with Gasteiger partial charge in [-0.15, -0.1) is 11.8 Å². The van der Waals surface area contributed by atoms with Gasteiger partial charge in [0.25, 0.3) is 5.91 Å². The lowest BCUT2D eigenvalue weighted by molar-refractivity contribution is -0.150. The molecule has 0 heterocycles. The van der Waals surface area contributed by atoms with E-state index in [1.165, 1.54) is 11.8 Å². The molecule has 1 N–H and O–H groups in total. The first-order chi connectivity index (χ1) is 11.5. The highest BCUT2D eigenvalue weighted by Crippen LogP contribution is 2.21. The summed E-state index contributed by atoms with van der Waals surface area (Å²) in [6.45, 7) is 3.40. The normalized spacial score (nSPS) is 11.6. The Bertz CT molecular complexity index is 721. The molecule has 0 radical (unpaired) electrons. The van der Waals surface area contributed by atoms with Crippen molar-refractivity contribution in [3.8, 4) is 0 Å². The number of esters is 1. The first-order valence-corrected chi connectivity index (χ1v) is 8.76. The Morgan fingerprint density at radius 1 is 1.21 bits per heavy atom. The quantitative estimate of drug-likeness (QED) is 0.613. The van der Waals surface area contributed by atoms with E-state index < -0.39 is 18.0 Å². The number of benzene rings is 2. The van der Waals surface area contributed by atoms with Crippen molar-refractivity contribution in [1.29, 1.82) is 0 Å². The highest BCUT2D eigenvalue weighted by molar-refractivity contribution is 8.00. The summed E-state index contributed by atoms with van der Waals surface area (Å²) in [7, 11) is 0. The number of carbonyl (C=O) groups excluding carboxylic acids is 2. The molecular weight excluding hydrogens is 346 g/mol. The van der Waals surface area contributed by atoms with E-state index in [1.807, 2.05) is 43.3 Å². The van der Waals surface area contributed by atoms with Gasteiger partial charge in [-0.25, -0.2) is 0 Å². The topological polar surface area (TPSA) is 55.4 Å². The highest BCUT2D eigenvalue weighted by atomic mass is 35.5. The average molecular weight is 364 g/mol. The molecule has 0 saturated carbocycles. The van der Waals surface area contributed by atoms with E-state index in [2.05, 4.69) is 5.32 Å². The molecule has 2 aromatic rings. The van der Waals surface area contributed by atoms with Gasteiger partial charge in [0, 0.05) is 15.6 Å². The summed E-state index contributed by atoms with van der Waals surface area (Å²) in [6, 6.07) is 14.8. The number of hydrogen-bond donors (Lipinski definition) is 1. The van der Waals surface area contributed by atoms with Gasteiger partial charge in [0.15, 0.2) is 6.10 Å². The van der Waals surface area contributed by atoms with Gasteiger partial charge in [0.1, 0.15) is 0 Å². The molecule has 2 rings (SSSR count). The molecule has 0 aromatic heterocycles. The molecule has 0 fully saturated rings. The van der Waals surface area contributed by atoms with Crippen molar-refractivity contribution in [2.75, 3.05) is 11.1 Å². The molecule has 0 aliphatic carbocycles. The minimum Gasteiger partial charge on any atom is -0.452 e. The number of rotatable bonds is 6. The van der Waals surface area contributed by atoms with Crippen LogP contribution < -0.4 is 5.32 Å². The van der Waals surface area contributed by atoms with Crippen LogP contribution in [0.25, 0.3) is 0 Å². The third kappa shape index (κ3) is 5.58. The number of amides is 1. The maximum absolute atomic E-state index is 12.1. The molecule has 0 spiro atoms. The van der Waals surface area contributed by atoms with Crippen LogP contribution in [0.15, 0.2) is 53.4 Å². The Morgan fingerprint density at radius 2 is 1.92 bits per heavy atom. The van der Waals surface area contributed by atoms with Crippen LogP contribution in [-0.2, 0) is 14.3 Å². The van der Waals surface area contributed by atoms with Crippen molar-refractivity contribution in [2.24, 2.45) is 0 Å².